The molecule has 0 amide bonds. The van der Waals surface area contributed by atoms with Crippen molar-refractivity contribution < 1.29 is 9.47 Å². The minimum absolute atomic E-state index is 0.418. The molecule has 0 saturated heterocycles. The Bertz CT molecular complexity index is 751. The number of rotatable bonds is 5. The van der Waals surface area contributed by atoms with E-state index in [1.54, 1.807) is 7.11 Å². The van der Waals surface area contributed by atoms with Crippen LogP contribution in [0.4, 0.5) is 5.69 Å². The average Bonchev–Trinajstić information content (AvgIpc) is 3.03. The van der Waals surface area contributed by atoms with Gasteiger partial charge in [0.05, 0.1) is 18.5 Å². The average molecular weight is 295 g/mol. The second kappa shape index (κ2) is 6.22. The van der Waals surface area contributed by atoms with Gasteiger partial charge in [-0.3, -0.25) is 5.10 Å². The highest BCUT2D eigenvalue weighted by Gasteiger charge is 2.06. The number of nitrogens with two attached hydrogens (primary N) is 1. The van der Waals surface area contributed by atoms with Crippen LogP contribution < -0.4 is 15.2 Å². The maximum atomic E-state index is 5.69. The fraction of sp³-hybridized carbons (Fsp3) is 0.118. The van der Waals surface area contributed by atoms with Crippen LogP contribution in [0.3, 0.4) is 0 Å². The molecule has 0 saturated carbocycles. The second-order valence-corrected chi connectivity index (χ2v) is 4.87. The third kappa shape index (κ3) is 3.20. The van der Waals surface area contributed by atoms with Crippen molar-refractivity contribution in [2.75, 3.05) is 12.8 Å². The van der Waals surface area contributed by atoms with Gasteiger partial charge < -0.3 is 15.2 Å². The number of methoxy groups -OCH3 is 1. The number of nitrogens with one attached hydrogen (secondary N) is 1. The summed E-state index contributed by atoms with van der Waals surface area (Å²) in [5, 5.41) is 7.29. The van der Waals surface area contributed by atoms with Crippen LogP contribution in [0.15, 0.2) is 54.6 Å². The van der Waals surface area contributed by atoms with Crippen molar-refractivity contribution >= 4 is 5.69 Å². The number of aromatic nitrogens is 2. The predicted octanol–water partition coefficient (Wildman–Crippen LogP) is 3.25. The Morgan fingerprint density at radius 2 is 1.86 bits per heavy atom. The van der Waals surface area contributed by atoms with Gasteiger partial charge in [0.1, 0.15) is 18.1 Å². The zero-order valence-corrected chi connectivity index (χ0v) is 12.2. The molecule has 112 valence electrons. The van der Waals surface area contributed by atoms with Crippen LogP contribution in [-0.4, -0.2) is 17.3 Å². The van der Waals surface area contributed by atoms with E-state index in [2.05, 4.69) is 10.2 Å². The van der Waals surface area contributed by atoms with E-state index in [4.69, 9.17) is 15.2 Å². The molecule has 1 heterocycles. The van der Waals surface area contributed by atoms with Gasteiger partial charge in [0.25, 0.3) is 0 Å². The van der Waals surface area contributed by atoms with E-state index < -0.39 is 0 Å². The zero-order chi connectivity index (χ0) is 15.4. The number of ether oxygens (including phenoxy) is 2. The van der Waals surface area contributed by atoms with Gasteiger partial charge in [-0.2, -0.15) is 5.10 Å². The lowest BCUT2D eigenvalue weighted by molar-refractivity contribution is 0.301. The summed E-state index contributed by atoms with van der Waals surface area (Å²) >= 11 is 0. The first-order valence-electron chi connectivity index (χ1n) is 6.91. The standard InChI is InChI=1S/C17H17N3O2/c1-21-16-4-2-3-12(9-16)17-10-14(19-20-17)11-22-15-7-5-13(18)6-8-15/h2-10H,11,18H2,1H3,(H,19,20). The Balaban J connectivity index is 1.69. The molecule has 0 fully saturated rings. The van der Waals surface area contributed by atoms with E-state index in [9.17, 15) is 0 Å². The quantitative estimate of drug-likeness (QED) is 0.709. The van der Waals surface area contributed by atoms with E-state index >= 15 is 0 Å². The monoisotopic (exact) mass is 295 g/mol. The third-order valence-corrected chi connectivity index (χ3v) is 3.27. The molecule has 3 rings (SSSR count). The molecule has 22 heavy (non-hydrogen) atoms. The highest BCUT2D eigenvalue weighted by atomic mass is 16.5. The number of benzene rings is 2. The Kier molecular flexibility index (Phi) is 3.96. The van der Waals surface area contributed by atoms with Crippen molar-refractivity contribution in [2.24, 2.45) is 0 Å². The molecule has 0 unspecified atom stereocenters. The molecular weight excluding hydrogens is 278 g/mol. The van der Waals surface area contributed by atoms with Crippen molar-refractivity contribution in [3.63, 3.8) is 0 Å². The Morgan fingerprint density at radius 3 is 2.64 bits per heavy atom. The number of aromatic amines is 1. The SMILES string of the molecule is COc1cccc(-c2cc(COc3ccc(N)cc3)[nH]n2)c1. The largest absolute Gasteiger partial charge is 0.497 e. The van der Waals surface area contributed by atoms with Gasteiger partial charge in [0.2, 0.25) is 0 Å². The number of nitrogen functional groups attached to an aromatic ring is 1. The van der Waals surface area contributed by atoms with Crippen molar-refractivity contribution in [3.8, 4) is 22.8 Å². The van der Waals surface area contributed by atoms with Crippen LogP contribution in [0, 0.1) is 0 Å². The minimum atomic E-state index is 0.418. The van der Waals surface area contributed by atoms with Crippen molar-refractivity contribution in [3.05, 3.63) is 60.3 Å². The normalized spacial score (nSPS) is 10.4. The summed E-state index contributed by atoms with van der Waals surface area (Å²) in [5.74, 6) is 1.58. The van der Waals surface area contributed by atoms with Gasteiger partial charge in [-0.05, 0) is 42.5 Å². The summed E-state index contributed by atoms with van der Waals surface area (Å²) in [6.07, 6.45) is 0. The summed E-state index contributed by atoms with van der Waals surface area (Å²) < 4.78 is 10.9. The number of anilines is 1. The molecule has 0 bridgehead atoms. The molecule has 0 radical (unpaired) electrons. The van der Waals surface area contributed by atoms with E-state index in [0.29, 0.717) is 12.3 Å². The molecule has 0 spiro atoms. The smallest absolute Gasteiger partial charge is 0.130 e. The second-order valence-electron chi connectivity index (χ2n) is 4.87. The first-order valence-corrected chi connectivity index (χ1v) is 6.91. The lowest BCUT2D eigenvalue weighted by Gasteiger charge is -2.04. The molecule has 2 aromatic carbocycles. The van der Waals surface area contributed by atoms with Gasteiger partial charge in [-0.15, -0.1) is 0 Å². The lowest BCUT2D eigenvalue weighted by Crippen LogP contribution is -1.95. The molecule has 0 aliphatic carbocycles. The van der Waals surface area contributed by atoms with Crippen molar-refractivity contribution in [1.82, 2.24) is 10.2 Å². The van der Waals surface area contributed by atoms with Crippen molar-refractivity contribution in [1.29, 1.82) is 0 Å². The van der Waals surface area contributed by atoms with Crippen LogP contribution in [0.25, 0.3) is 11.3 Å². The van der Waals surface area contributed by atoms with Crippen LogP contribution in [0.5, 0.6) is 11.5 Å². The van der Waals surface area contributed by atoms with Gasteiger partial charge in [0, 0.05) is 11.3 Å². The molecule has 3 aromatic rings. The van der Waals surface area contributed by atoms with Gasteiger partial charge >= 0.3 is 0 Å². The molecule has 5 nitrogen and oxygen atoms in total. The van der Waals surface area contributed by atoms with E-state index in [0.717, 1.165) is 28.5 Å². The maximum Gasteiger partial charge on any atom is 0.130 e. The fourth-order valence-corrected chi connectivity index (χ4v) is 2.09. The number of hydrogen-bond acceptors (Lipinski definition) is 4. The molecule has 0 aliphatic rings. The molecular formula is C17H17N3O2. The molecule has 1 aromatic heterocycles. The Morgan fingerprint density at radius 1 is 1.05 bits per heavy atom. The van der Waals surface area contributed by atoms with E-state index in [-0.39, 0.29) is 0 Å². The molecule has 0 atom stereocenters. The van der Waals surface area contributed by atoms with Crippen LogP contribution >= 0.6 is 0 Å². The highest BCUT2D eigenvalue weighted by molar-refractivity contribution is 5.61. The van der Waals surface area contributed by atoms with Gasteiger partial charge in [-0.25, -0.2) is 0 Å². The van der Waals surface area contributed by atoms with Crippen molar-refractivity contribution in [2.45, 2.75) is 6.61 Å². The van der Waals surface area contributed by atoms with Crippen LogP contribution in [0.1, 0.15) is 5.69 Å². The number of hydrogen-bond donors (Lipinski definition) is 2. The topological polar surface area (TPSA) is 73.2 Å². The summed E-state index contributed by atoms with van der Waals surface area (Å²) in [4.78, 5) is 0. The van der Waals surface area contributed by atoms with Gasteiger partial charge in [0.15, 0.2) is 0 Å². The van der Waals surface area contributed by atoms with Crippen LogP contribution in [-0.2, 0) is 6.61 Å². The number of nitrogens with zero attached hydrogens (tertiary/aromatic N) is 1. The number of H-pyrrole nitrogens is 1. The highest BCUT2D eigenvalue weighted by Crippen LogP contribution is 2.23. The molecule has 5 heteroatoms. The molecule has 3 N–H and O–H groups in total. The summed E-state index contributed by atoms with van der Waals surface area (Å²) in [6.45, 7) is 0.418. The molecule has 0 aliphatic heterocycles. The zero-order valence-electron chi connectivity index (χ0n) is 12.2. The summed E-state index contributed by atoms with van der Waals surface area (Å²) in [7, 11) is 1.65. The van der Waals surface area contributed by atoms with E-state index in [1.165, 1.54) is 0 Å². The third-order valence-electron chi connectivity index (χ3n) is 3.27. The maximum absolute atomic E-state index is 5.69. The first-order chi connectivity index (χ1) is 10.7. The lowest BCUT2D eigenvalue weighted by atomic mass is 10.1. The van der Waals surface area contributed by atoms with Gasteiger partial charge in [-0.1, -0.05) is 12.1 Å². The van der Waals surface area contributed by atoms with Crippen LogP contribution in [0.2, 0.25) is 0 Å². The first kappa shape index (κ1) is 14.0. The summed E-state index contributed by atoms with van der Waals surface area (Å²) in [6, 6.07) is 17.0. The van der Waals surface area contributed by atoms with E-state index in [1.807, 2.05) is 54.6 Å². The predicted molar refractivity (Wildman–Crippen MR) is 85.8 cm³/mol. The Hall–Kier alpha value is -2.95. The summed E-state index contributed by atoms with van der Waals surface area (Å²) in [5.41, 5.74) is 9.11. The minimum Gasteiger partial charge on any atom is -0.497 e. The fourth-order valence-electron chi connectivity index (χ4n) is 2.09. The Labute approximate surface area is 128 Å².